The minimum Gasteiger partial charge on any atom is -0.330 e. The second-order valence-electron chi connectivity index (χ2n) is 4.69. The number of rotatable bonds is 4. The van der Waals surface area contributed by atoms with Crippen molar-refractivity contribution >= 4 is 63.7 Å². The Bertz CT molecular complexity index is 717. The molecule has 0 spiro atoms. The number of para-hydroxylation sites is 1. The highest BCUT2D eigenvalue weighted by molar-refractivity contribution is 7.80. The van der Waals surface area contributed by atoms with Crippen LogP contribution in [0.25, 0.3) is 0 Å². The van der Waals surface area contributed by atoms with E-state index in [0.717, 1.165) is 5.56 Å². The van der Waals surface area contributed by atoms with Crippen molar-refractivity contribution in [2.45, 2.75) is 12.8 Å². The molecule has 2 N–H and O–H groups in total. The topological polar surface area (TPSA) is 41.1 Å². The van der Waals surface area contributed by atoms with E-state index in [0.29, 0.717) is 27.2 Å². The number of amides is 1. The summed E-state index contributed by atoms with van der Waals surface area (Å²) in [7, 11) is 0. The maximum absolute atomic E-state index is 12.0. The van der Waals surface area contributed by atoms with Gasteiger partial charge in [-0.2, -0.15) is 0 Å². The van der Waals surface area contributed by atoms with Crippen LogP contribution in [0.15, 0.2) is 42.5 Å². The van der Waals surface area contributed by atoms with Gasteiger partial charge in [0.1, 0.15) is 0 Å². The first-order chi connectivity index (χ1) is 11.0. The lowest BCUT2D eigenvalue weighted by Crippen LogP contribution is -2.34. The third kappa shape index (κ3) is 5.36. The van der Waals surface area contributed by atoms with Crippen LogP contribution in [0.2, 0.25) is 15.1 Å². The molecule has 7 heteroatoms. The summed E-state index contributed by atoms with van der Waals surface area (Å²) in [5.74, 6) is -0.217. The van der Waals surface area contributed by atoms with Crippen LogP contribution in [-0.4, -0.2) is 11.0 Å². The van der Waals surface area contributed by atoms with Gasteiger partial charge in [0.2, 0.25) is 5.91 Å². The van der Waals surface area contributed by atoms with Gasteiger partial charge < -0.3 is 10.6 Å². The number of benzene rings is 2. The van der Waals surface area contributed by atoms with E-state index in [1.165, 1.54) is 0 Å². The highest BCUT2D eigenvalue weighted by Crippen LogP contribution is 2.29. The summed E-state index contributed by atoms with van der Waals surface area (Å²) in [6.45, 7) is 0. The number of nitrogens with one attached hydrogen (secondary N) is 2. The van der Waals surface area contributed by atoms with Gasteiger partial charge in [-0.15, -0.1) is 0 Å². The van der Waals surface area contributed by atoms with E-state index in [-0.39, 0.29) is 17.4 Å². The number of thiocarbonyl (C=S) groups is 1. The van der Waals surface area contributed by atoms with E-state index in [9.17, 15) is 4.79 Å². The van der Waals surface area contributed by atoms with E-state index in [1.54, 1.807) is 24.3 Å². The molecule has 0 aliphatic carbocycles. The first kappa shape index (κ1) is 18.0. The third-order valence-corrected chi connectivity index (χ3v) is 4.24. The number of hydrogen-bond acceptors (Lipinski definition) is 2. The van der Waals surface area contributed by atoms with Gasteiger partial charge in [0, 0.05) is 11.4 Å². The van der Waals surface area contributed by atoms with Crippen LogP contribution in [0.3, 0.4) is 0 Å². The monoisotopic (exact) mass is 386 g/mol. The minimum atomic E-state index is -0.217. The molecule has 0 saturated carbocycles. The predicted molar refractivity (Wildman–Crippen MR) is 101 cm³/mol. The summed E-state index contributed by atoms with van der Waals surface area (Å²) in [6.07, 6.45) is 0.794. The number of aryl methyl sites for hydroxylation is 1. The van der Waals surface area contributed by atoms with E-state index in [2.05, 4.69) is 10.6 Å². The fourth-order valence-corrected chi connectivity index (χ4v) is 2.84. The molecule has 0 aliphatic heterocycles. The van der Waals surface area contributed by atoms with Gasteiger partial charge in [-0.25, -0.2) is 0 Å². The van der Waals surface area contributed by atoms with Crippen LogP contribution < -0.4 is 10.6 Å². The molecule has 3 nitrogen and oxygen atoms in total. The van der Waals surface area contributed by atoms with E-state index < -0.39 is 0 Å². The zero-order valence-corrected chi connectivity index (χ0v) is 15.0. The van der Waals surface area contributed by atoms with Gasteiger partial charge in [0.15, 0.2) is 5.11 Å². The predicted octanol–water partition coefficient (Wildman–Crippen LogP) is 5.09. The van der Waals surface area contributed by atoms with Crippen LogP contribution in [0, 0.1) is 0 Å². The number of hydrogen-bond donors (Lipinski definition) is 2. The number of carbonyl (C=O) groups excluding carboxylic acids is 1. The molecule has 0 atom stereocenters. The summed E-state index contributed by atoms with van der Waals surface area (Å²) < 4.78 is 0. The smallest absolute Gasteiger partial charge is 0.226 e. The second-order valence-corrected chi connectivity index (χ2v) is 6.32. The molecule has 2 aromatic rings. The summed E-state index contributed by atoms with van der Waals surface area (Å²) >= 11 is 23.2. The summed E-state index contributed by atoms with van der Waals surface area (Å²) in [5, 5.41) is 7.05. The average Bonchev–Trinajstić information content (AvgIpc) is 2.50. The van der Waals surface area contributed by atoms with E-state index in [4.69, 9.17) is 47.0 Å². The lowest BCUT2D eigenvalue weighted by molar-refractivity contribution is -0.119. The molecule has 23 heavy (non-hydrogen) atoms. The maximum Gasteiger partial charge on any atom is 0.226 e. The van der Waals surface area contributed by atoms with Gasteiger partial charge in [-0.1, -0.05) is 59.1 Å². The highest BCUT2D eigenvalue weighted by Gasteiger charge is 2.10. The average molecular weight is 388 g/mol. The fourth-order valence-electron chi connectivity index (χ4n) is 1.90. The molecule has 120 valence electrons. The van der Waals surface area contributed by atoms with Crippen molar-refractivity contribution in [3.05, 3.63) is 63.1 Å². The zero-order valence-electron chi connectivity index (χ0n) is 11.9. The zero-order chi connectivity index (χ0) is 16.8. The Hall–Kier alpha value is -1.33. The van der Waals surface area contributed by atoms with Crippen molar-refractivity contribution in [2.75, 3.05) is 5.32 Å². The molecule has 0 bridgehead atoms. The van der Waals surface area contributed by atoms with Gasteiger partial charge in [-0.05, 0) is 42.4 Å². The minimum absolute atomic E-state index is 0.143. The van der Waals surface area contributed by atoms with Gasteiger partial charge in [0.05, 0.1) is 15.7 Å². The number of halogens is 3. The van der Waals surface area contributed by atoms with Crippen molar-refractivity contribution in [3.8, 4) is 0 Å². The van der Waals surface area contributed by atoms with E-state index in [1.807, 2.05) is 18.2 Å². The van der Waals surface area contributed by atoms with Crippen molar-refractivity contribution in [1.82, 2.24) is 5.32 Å². The van der Waals surface area contributed by atoms with Crippen LogP contribution >= 0.6 is 47.0 Å². The van der Waals surface area contributed by atoms with Crippen molar-refractivity contribution in [1.29, 1.82) is 0 Å². The quantitative estimate of drug-likeness (QED) is 0.718. The molecule has 0 heterocycles. The first-order valence-corrected chi connectivity index (χ1v) is 8.30. The Kier molecular flexibility index (Phi) is 6.66. The lowest BCUT2D eigenvalue weighted by Gasteiger charge is -2.12. The molecule has 0 saturated heterocycles. The Morgan fingerprint density at radius 3 is 2.22 bits per heavy atom. The Labute approximate surface area is 154 Å². The Balaban J connectivity index is 1.88. The van der Waals surface area contributed by atoms with Gasteiger partial charge >= 0.3 is 0 Å². The normalized spacial score (nSPS) is 10.2. The SMILES string of the molecule is O=C(CCc1ccccc1Cl)NC(=S)Nc1c(Cl)cccc1Cl. The van der Waals surface area contributed by atoms with Crippen LogP contribution in [0.5, 0.6) is 0 Å². The molecule has 0 radical (unpaired) electrons. The van der Waals surface area contributed by atoms with Crippen molar-refractivity contribution < 1.29 is 4.79 Å². The molecule has 0 unspecified atom stereocenters. The summed E-state index contributed by atoms with van der Waals surface area (Å²) in [5.41, 5.74) is 1.38. The maximum atomic E-state index is 12.0. The third-order valence-electron chi connectivity index (χ3n) is 3.03. The summed E-state index contributed by atoms with van der Waals surface area (Å²) in [4.78, 5) is 12.0. The second kappa shape index (κ2) is 8.50. The summed E-state index contributed by atoms with van der Waals surface area (Å²) in [6, 6.07) is 12.5. The molecule has 0 aromatic heterocycles. The molecular weight excluding hydrogens is 375 g/mol. The lowest BCUT2D eigenvalue weighted by atomic mass is 10.1. The number of carbonyl (C=O) groups is 1. The van der Waals surface area contributed by atoms with Crippen LogP contribution in [-0.2, 0) is 11.2 Å². The van der Waals surface area contributed by atoms with Crippen LogP contribution in [0.4, 0.5) is 5.69 Å². The van der Waals surface area contributed by atoms with Crippen molar-refractivity contribution in [3.63, 3.8) is 0 Å². The van der Waals surface area contributed by atoms with Crippen LogP contribution in [0.1, 0.15) is 12.0 Å². The molecule has 2 aromatic carbocycles. The van der Waals surface area contributed by atoms with Crippen molar-refractivity contribution in [2.24, 2.45) is 0 Å². The molecule has 1 amide bonds. The highest BCUT2D eigenvalue weighted by atomic mass is 35.5. The fraction of sp³-hybridized carbons (Fsp3) is 0.125. The molecular formula is C16H13Cl3N2OS. The number of anilines is 1. The standard InChI is InChI=1S/C16H13Cl3N2OS/c17-11-5-2-1-4-10(11)8-9-14(22)20-16(23)21-15-12(18)6-3-7-13(15)19/h1-7H,8-9H2,(H2,20,21,22,23). The Morgan fingerprint density at radius 2 is 1.57 bits per heavy atom. The van der Waals surface area contributed by atoms with E-state index >= 15 is 0 Å². The van der Waals surface area contributed by atoms with Gasteiger partial charge in [-0.3, -0.25) is 4.79 Å². The first-order valence-electron chi connectivity index (χ1n) is 6.75. The molecule has 0 aliphatic rings. The van der Waals surface area contributed by atoms with Gasteiger partial charge in [0.25, 0.3) is 0 Å². The molecule has 2 rings (SSSR count). The largest absolute Gasteiger partial charge is 0.330 e. The Morgan fingerprint density at radius 1 is 0.957 bits per heavy atom. The molecule has 0 fully saturated rings.